The Balaban J connectivity index is 2.00. The second-order valence-corrected chi connectivity index (χ2v) is 8.74. The van der Waals surface area contributed by atoms with Gasteiger partial charge in [0.05, 0.1) is 15.5 Å². The van der Waals surface area contributed by atoms with Crippen molar-refractivity contribution in [3.05, 3.63) is 21.9 Å². The van der Waals surface area contributed by atoms with Gasteiger partial charge in [-0.3, -0.25) is 0 Å². The van der Waals surface area contributed by atoms with Crippen molar-refractivity contribution >= 4 is 38.6 Å². The Kier molecular flexibility index (Phi) is 5.76. The van der Waals surface area contributed by atoms with Crippen LogP contribution in [0.25, 0.3) is 10.9 Å². The minimum Gasteiger partial charge on any atom is -0.463 e. The number of aromatic nitrogens is 2. The van der Waals surface area contributed by atoms with Crippen LogP contribution < -0.4 is 4.74 Å². The Morgan fingerprint density at radius 3 is 2.38 bits per heavy atom. The molecule has 0 amide bonds. The predicted octanol–water partition coefficient (Wildman–Crippen LogP) is 5.24. The quantitative estimate of drug-likeness (QED) is 0.306. The molecule has 0 unspecified atom stereocenters. The summed E-state index contributed by atoms with van der Waals surface area (Å²) in [5.74, 6) is -4.14. The average molecular weight is 504 g/mol. The summed E-state index contributed by atoms with van der Waals surface area (Å²) in [5.41, 5.74) is -2.99. The van der Waals surface area contributed by atoms with Gasteiger partial charge in [0, 0.05) is 18.4 Å². The summed E-state index contributed by atoms with van der Waals surface area (Å²) in [4.78, 5) is 9.45. The second kappa shape index (κ2) is 7.45. The third-order valence-corrected chi connectivity index (χ3v) is 6.10. The van der Waals surface area contributed by atoms with Crippen LogP contribution in [0, 0.1) is 11.2 Å². The van der Waals surface area contributed by atoms with Crippen LogP contribution in [0.4, 0.5) is 26.3 Å². The summed E-state index contributed by atoms with van der Waals surface area (Å²) in [7, 11) is 3.30. The first-order valence-electron chi connectivity index (χ1n) is 8.27. The van der Waals surface area contributed by atoms with Gasteiger partial charge in [0.1, 0.15) is 17.1 Å². The number of nitrogens with zero attached hydrogens (tertiary/aromatic N) is 3. The molecule has 1 aliphatic rings. The van der Waals surface area contributed by atoms with Gasteiger partial charge in [0.15, 0.2) is 5.82 Å². The zero-order valence-electron chi connectivity index (χ0n) is 15.5. The number of thioether (sulfide) groups is 1. The predicted molar refractivity (Wildman–Crippen MR) is 100 cm³/mol. The third-order valence-electron chi connectivity index (χ3n) is 4.62. The summed E-state index contributed by atoms with van der Waals surface area (Å²) in [6.45, 7) is -0.335. The Bertz CT molecular complexity index is 955. The maximum atomic E-state index is 14.6. The lowest BCUT2D eigenvalue weighted by Gasteiger charge is -2.21. The van der Waals surface area contributed by atoms with Gasteiger partial charge < -0.3 is 9.64 Å². The molecule has 1 saturated carbocycles. The van der Waals surface area contributed by atoms with E-state index in [1.807, 2.05) is 0 Å². The molecule has 0 spiro atoms. The monoisotopic (exact) mass is 503 g/mol. The number of hydrogen-bond donors (Lipinski definition) is 0. The minimum atomic E-state index is -4.78. The van der Waals surface area contributed by atoms with E-state index in [2.05, 4.69) is 25.9 Å². The van der Waals surface area contributed by atoms with E-state index >= 15 is 0 Å². The molecule has 1 fully saturated rings. The summed E-state index contributed by atoms with van der Waals surface area (Å²) >= 11 is 3.59. The van der Waals surface area contributed by atoms with Gasteiger partial charge in [0.25, 0.3) is 5.92 Å². The molecule has 3 rings (SSSR count). The average Bonchev–Trinajstić information content (AvgIpc) is 3.14. The second-order valence-electron chi connectivity index (χ2n) is 7.15. The van der Waals surface area contributed by atoms with E-state index in [-0.39, 0.29) is 34.9 Å². The fourth-order valence-corrected chi connectivity index (χ4v) is 4.22. The molecule has 0 saturated heterocycles. The normalized spacial score (nSPS) is 21.1. The maximum Gasteiger partial charge on any atom is 0.417 e. The van der Waals surface area contributed by atoms with Crippen LogP contribution in [0.3, 0.4) is 0 Å². The highest BCUT2D eigenvalue weighted by atomic mass is 79.9. The summed E-state index contributed by atoms with van der Waals surface area (Å²) in [5, 5.41) is -0.0938. The van der Waals surface area contributed by atoms with Crippen molar-refractivity contribution in [3.63, 3.8) is 0 Å². The van der Waals surface area contributed by atoms with Crippen molar-refractivity contribution in [1.29, 1.82) is 0 Å². The molecule has 1 aromatic heterocycles. The van der Waals surface area contributed by atoms with Crippen LogP contribution in [0.5, 0.6) is 6.01 Å². The number of rotatable bonds is 6. The lowest BCUT2D eigenvalue weighted by atomic mass is 10.1. The number of fused-ring (bicyclic) bond motifs is 1. The zero-order valence-corrected chi connectivity index (χ0v) is 17.9. The molecule has 0 N–H and O–H groups in total. The molecule has 1 heterocycles. The first kappa shape index (κ1) is 22.4. The lowest BCUT2D eigenvalue weighted by Crippen LogP contribution is -2.32. The highest BCUT2D eigenvalue weighted by Gasteiger charge is 2.71. The van der Waals surface area contributed by atoms with Crippen LogP contribution in [-0.2, 0) is 6.18 Å². The number of alkyl halides is 5. The highest BCUT2D eigenvalue weighted by Crippen LogP contribution is 2.60. The van der Waals surface area contributed by atoms with Gasteiger partial charge in [0.2, 0.25) is 0 Å². The van der Waals surface area contributed by atoms with Crippen LogP contribution in [0.15, 0.2) is 15.6 Å². The molecular formula is C17H16BrF6N3OS. The smallest absolute Gasteiger partial charge is 0.417 e. The first-order chi connectivity index (χ1) is 13.3. The molecule has 2 aromatic rings. The van der Waals surface area contributed by atoms with E-state index in [4.69, 9.17) is 4.74 Å². The fourth-order valence-electron chi connectivity index (χ4n) is 3.15. The van der Waals surface area contributed by atoms with Crippen LogP contribution in [-0.4, -0.2) is 54.3 Å². The Morgan fingerprint density at radius 2 is 1.90 bits per heavy atom. The van der Waals surface area contributed by atoms with Crippen LogP contribution in [0.2, 0.25) is 0 Å². The molecule has 1 atom stereocenters. The molecule has 12 heteroatoms. The molecule has 0 radical (unpaired) electrons. The van der Waals surface area contributed by atoms with Gasteiger partial charge in [-0.25, -0.2) is 13.2 Å². The Labute approximate surface area is 175 Å². The summed E-state index contributed by atoms with van der Waals surface area (Å²) < 4.78 is 86.4. The van der Waals surface area contributed by atoms with Gasteiger partial charge in [-0.05, 0) is 42.3 Å². The van der Waals surface area contributed by atoms with Crippen LogP contribution >= 0.6 is 27.7 Å². The molecular weight excluding hydrogens is 488 g/mol. The van der Waals surface area contributed by atoms with E-state index < -0.39 is 40.0 Å². The van der Waals surface area contributed by atoms with E-state index in [1.165, 1.54) is 0 Å². The molecule has 1 aliphatic carbocycles. The summed E-state index contributed by atoms with van der Waals surface area (Å²) in [6.07, 6.45) is -3.60. The topological polar surface area (TPSA) is 38.2 Å². The zero-order chi connectivity index (χ0) is 21.8. The third kappa shape index (κ3) is 4.15. The standard InChI is InChI=1S/C17H16BrF6N3OS/c1-27(2)6-15(5-16(15,20)21)7-28-14-25-12-8(13(26-14)29-3)4-9(17(22,23)24)10(18)11(12)19/h4H,5-7H2,1-3H3/t15-/m1/s1. The van der Waals surface area contributed by atoms with E-state index in [0.717, 1.165) is 17.8 Å². The van der Waals surface area contributed by atoms with Crippen molar-refractivity contribution in [2.24, 2.45) is 5.41 Å². The van der Waals surface area contributed by atoms with Crippen LogP contribution in [0.1, 0.15) is 12.0 Å². The van der Waals surface area contributed by atoms with Crippen molar-refractivity contribution < 1.29 is 31.1 Å². The first-order valence-corrected chi connectivity index (χ1v) is 10.3. The molecule has 1 aromatic carbocycles. The van der Waals surface area contributed by atoms with Crippen molar-refractivity contribution in [3.8, 4) is 6.01 Å². The van der Waals surface area contributed by atoms with Gasteiger partial charge in [-0.2, -0.15) is 23.1 Å². The number of hydrogen-bond acceptors (Lipinski definition) is 5. The molecule has 4 nitrogen and oxygen atoms in total. The number of ether oxygens (including phenoxy) is 1. The maximum absolute atomic E-state index is 14.6. The Morgan fingerprint density at radius 1 is 1.28 bits per heavy atom. The molecule has 0 bridgehead atoms. The van der Waals surface area contributed by atoms with Crippen molar-refractivity contribution in [2.45, 2.75) is 23.5 Å². The SMILES string of the molecule is CSc1nc(OC[C@]2(CN(C)C)CC2(F)F)nc2c(F)c(Br)c(C(F)(F)F)cc12. The number of benzene rings is 1. The van der Waals surface area contributed by atoms with Gasteiger partial charge in [-0.15, -0.1) is 11.8 Å². The Hall–Kier alpha value is -1.27. The van der Waals surface area contributed by atoms with Gasteiger partial charge in [-0.1, -0.05) is 0 Å². The fraction of sp³-hybridized carbons (Fsp3) is 0.529. The largest absolute Gasteiger partial charge is 0.463 e. The lowest BCUT2D eigenvalue weighted by molar-refractivity contribution is -0.138. The van der Waals surface area contributed by atoms with Gasteiger partial charge >= 0.3 is 12.2 Å². The molecule has 29 heavy (non-hydrogen) atoms. The number of halogens is 7. The minimum absolute atomic E-state index is 0.0473. The highest BCUT2D eigenvalue weighted by molar-refractivity contribution is 9.10. The summed E-state index contributed by atoms with van der Waals surface area (Å²) in [6, 6.07) is 0.383. The van der Waals surface area contributed by atoms with Crippen molar-refractivity contribution in [2.75, 3.05) is 33.5 Å². The molecule has 0 aliphatic heterocycles. The van der Waals surface area contributed by atoms with E-state index in [9.17, 15) is 26.3 Å². The van der Waals surface area contributed by atoms with E-state index in [0.29, 0.717) is 0 Å². The van der Waals surface area contributed by atoms with Crippen molar-refractivity contribution in [1.82, 2.24) is 14.9 Å². The molecule has 160 valence electrons. The van der Waals surface area contributed by atoms with E-state index in [1.54, 1.807) is 25.3 Å².